The molecule has 664 valence electrons. The van der Waals surface area contributed by atoms with Crippen LogP contribution < -0.4 is 4.74 Å². The van der Waals surface area contributed by atoms with Gasteiger partial charge in [-0.3, -0.25) is 9.97 Å². The van der Waals surface area contributed by atoms with Crippen LogP contribution in [0.3, 0.4) is 0 Å². The maximum Gasteiger partial charge on any atom is 0.573 e. The molecule has 0 unspecified atom stereocenters. The first kappa shape index (κ1) is 94.0. The van der Waals surface area contributed by atoms with Crippen LogP contribution >= 0.6 is 0 Å². The number of fused-ring (bicyclic) bond motifs is 4. The zero-order valence-corrected chi connectivity index (χ0v) is 75.3. The molecule has 0 fully saturated rings. The Kier molecular flexibility index (Phi) is 25.3. The van der Waals surface area contributed by atoms with Gasteiger partial charge in [0.15, 0.2) is 22.7 Å². The maximum atomic E-state index is 13.6. The third kappa shape index (κ3) is 16.6. The van der Waals surface area contributed by atoms with Crippen molar-refractivity contribution in [1.82, 2.24) is 9.97 Å². The van der Waals surface area contributed by atoms with Crippen LogP contribution in [0.4, 0.5) is 35.9 Å². The fraction of sp³-hybridized carbons (Fsp3) is 0.0167. The molecule has 0 amide bonds. The Morgan fingerprint density at radius 3 is 0.856 bits per heavy atom. The molecule has 0 saturated heterocycles. The van der Waals surface area contributed by atoms with E-state index in [1.54, 1.807) is 121 Å². The molecule has 0 radical (unpaired) electrons. The zero-order valence-electron chi connectivity index (χ0n) is 75.3. The van der Waals surface area contributed by atoms with Crippen molar-refractivity contribution >= 4 is 112 Å². The van der Waals surface area contributed by atoms with Crippen molar-refractivity contribution in [3.8, 4) is 135 Å². The van der Waals surface area contributed by atoms with Gasteiger partial charge in [0.05, 0.1) is 177 Å². The Balaban J connectivity index is 0.000000200. The first-order valence-electron chi connectivity index (χ1n) is 43.2. The number of pyridine rings is 2. The Bertz CT molecular complexity index is 9140. The lowest BCUT2D eigenvalue weighted by Crippen LogP contribution is -2.17. The van der Waals surface area contributed by atoms with Gasteiger partial charge < -0.3 is 4.74 Å². The van der Waals surface area contributed by atoms with Crippen molar-refractivity contribution in [3.63, 3.8) is 0 Å². The number of hydrogen-bond acceptors (Lipinski definition) is 17. The molecule has 18 rings (SSSR count). The van der Waals surface area contributed by atoms with Crippen molar-refractivity contribution in [2.24, 2.45) is 0 Å². The van der Waals surface area contributed by atoms with Crippen LogP contribution in [0.2, 0.25) is 0 Å². The predicted molar refractivity (Wildman–Crippen MR) is 537 cm³/mol. The van der Waals surface area contributed by atoms with Gasteiger partial charge in [0.25, 0.3) is 0 Å². The Morgan fingerprint density at radius 2 is 0.548 bits per heavy atom. The van der Waals surface area contributed by atoms with Crippen LogP contribution in [-0.4, -0.2) is 16.3 Å². The molecular formula is C120H47F3N22O. The molecule has 26 heteroatoms. The Morgan fingerprint density at radius 1 is 0.267 bits per heavy atom. The fourth-order valence-corrected chi connectivity index (χ4v) is 18.6. The standard InChI is InChI=1S/C62H25F3N10O.C58H22N12/c1-34-5-11-42(12-6-34)54-56(49(32-71)44-24-45(73-2)26-46(25-44)74-3)59-53(41-15-9-36(28-67)10-16-41)58-55(48(31-70)43-22-37(29-68)21-38(23-43)30-69)51(39-17-19-47(20-18-39)76-62(63,64)65)50(33-72)57(58)52(60(59)61(54)75-4)40-13-7-35(27-66)8-14-40;1-66-41-23-40(24-42(25-41)67-2)44(31-64)52-54(47-9-5-7-19-70-47)58(68-3)57-48(37-14-10-33(26-59)11-15-37)53-45(32-65)50(46-8-4-6-18-69-46)51(43(30-63)39-21-35(28-61)20-36(22-39)29-62)55(53)49(56(52)57)38-16-12-34(27-60)13-17-38/h5-26H,1H3;4-25H/b55-48+,56-49+;51-43+,52-44+. The molecule has 2 heterocycles. The summed E-state index contributed by atoms with van der Waals surface area (Å²) in [6, 6.07) is 95.5. The number of halogens is 3. The topological polar surface area (TPSA) is 394 Å². The van der Waals surface area contributed by atoms with Gasteiger partial charge in [0.1, 0.15) is 42.2 Å². The number of aromatic nitrogens is 2. The lowest BCUT2D eigenvalue weighted by atomic mass is 9.77. The van der Waals surface area contributed by atoms with Gasteiger partial charge >= 0.3 is 6.36 Å². The lowest BCUT2D eigenvalue weighted by molar-refractivity contribution is -0.274. The molecule has 4 aliphatic carbocycles. The first-order valence-corrected chi connectivity index (χ1v) is 43.2. The zero-order chi connectivity index (χ0) is 103. The highest BCUT2D eigenvalue weighted by Gasteiger charge is 2.48. The number of ether oxygens (including phenoxy) is 1. The Hall–Kier alpha value is -23.7. The molecule has 12 aromatic carbocycles. The minimum absolute atomic E-state index is 0.00605. The van der Waals surface area contributed by atoms with E-state index in [0.29, 0.717) is 50.1 Å². The van der Waals surface area contributed by atoms with E-state index < -0.39 is 12.1 Å². The van der Waals surface area contributed by atoms with E-state index in [0.717, 1.165) is 17.7 Å². The number of alkyl halides is 3. The minimum atomic E-state index is -5.08. The second-order valence-corrected chi connectivity index (χ2v) is 32.4. The summed E-state index contributed by atoms with van der Waals surface area (Å²) in [7, 11) is 0. The molecule has 146 heavy (non-hydrogen) atoms. The van der Waals surface area contributed by atoms with E-state index in [4.69, 9.17) is 49.4 Å². The van der Waals surface area contributed by atoms with Crippen molar-refractivity contribution in [1.29, 1.82) is 73.7 Å². The minimum Gasteiger partial charge on any atom is -0.406 e. The average molecular weight is 1870 g/mol. The summed E-state index contributed by atoms with van der Waals surface area (Å²) in [6.07, 6.45) is -2.01. The van der Waals surface area contributed by atoms with Crippen LogP contribution in [0.25, 0.3) is 163 Å². The molecule has 0 N–H and O–H groups in total. The monoisotopic (exact) mass is 1870 g/mol. The molecule has 0 atom stereocenters. The summed E-state index contributed by atoms with van der Waals surface area (Å²) in [5.74, 6) is -0.606. The lowest BCUT2D eigenvalue weighted by Gasteiger charge is -2.25. The number of aryl methyl sites for hydroxylation is 1. The van der Waals surface area contributed by atoms with E-state index in [2.05, 4.69) is 107 Å². The molecule has 4 aliphatic rings. The highest BCUT2D eigenvalue weighted by Crippen LogP contribution is 2.67. The second-order valence-electron chi connectivity index (χ2n) is 32.4. The summed E-state index contributed by atoms with van der Waals surface area (Å²) in [4.78, 5) is 32.3. The average Bonchev–Trinajstić information content (AvgIpc) is 1.52. The van der Waals surface area contributed by atoms with Crippen LogP contribution in [-0.2, 0) is 0 Å². The summed E-state index contributed by atoms with van der Waals surface area (Å²) in [6.45, 7) is 51.9. The molecule has 23 nitrogen and oxygen atoms in total. The summed E-state index contributed by atoms with van der Waals surface area (Å²) < 4.78 is 45.1. The van der Waals surface area contributed by atoms with Gasteiger partial charge in [-0.25, -0.2) is 29.1 Å². The van der Waals surface area contributed by atoms with Gasteiger partial charge in [-0.15, -0.1) is 13.2 Å². The van der Waals surface area contributed by atoms with Gasteiger partial charge in [0, 0.05) is 62.5 Å². The fourth-order valence-electron chi connectivity index (χ4n) is 18.6. The third-order valence-electron chi connectivity index (χ3n) is 24.5. The Labute approximate surface area is 832 Å². The molecule has 0 bridgehead atoms. The number of nitrogens with zero attached hydrogens (tertiary/aromatic N) is 22. The largest absolute Gasteiger partial charge is 0.573 e. The number of nitriles is 14. The summed E-state index contributed by atoms with van der Waals surface area (Å²) in [5.41, 5.74) is 8.84. The first-order chi connectivity index (χ1) is 71.0. The smallest absolute Gasteiger partial charge is 0.406 e. The molecule has 0 spiro atoms. The number of benzene rings is 12. The van der Waals surface area contributed by atoms with Crippen LogP contribution in [0.15, 0.2) is 267 Å². The highest BCUT2D eigenvalue weighted by molar-refractivity contribution is 6.41. The third-order valence-corrected chi connectivity index (χ3v) is 24.5. The second kappa shape index (κ2) is 39.3. The van der Waals surface area contributed by atoms with Gasteiger partial charge in [-0.1, -0.05) is 139 Å². The quantitative estimate of drug-likeness (QED) is 0.0764. The van der Waals surface area contributed by atoms with Crippen LogP contribution in [0.5, 0.6) is 5.75 Å². The van der Waals surface area contributed by atoms with Crippen LogP contribution in [0.1, 0.15) is 139 Å². The number of hydrogen-bond donors (Lipinski definition) is 0. The maximum absolute atomic E-state index is 13.6. The van der Waals surface area contributed by atoms with E-state index in [-0.39, 0.29) is 240 Å². The van der Waals surface area contributed by atoms with Crippen molar-refractivity contribution in [2.45, 2.75) is 13.3 Å². The molecule has 2 aromatic heterocycles. The van der Waals surface area contributed by atoms with Crippen LogP contribution in [0, 0.1) is 205 Å². The predicted octanol–water partition coefficient (Wildman–Crippen LogP) is 27.5. The number of rotatable bonds is 13. The van der Waals surface area contributed by atoms with E-state index in [1.165, 1.54) is 122 Å². The van der Waals surface area contributed by atoms with E-state index >= 15 is 0 Å². The molecule has 0 saturated carbocycles. The molecule has 0 aliphatic heterocycles. The van der Waals surface area contributed by atoms with E-state index in [9.17, 15) is 86.8 Å². The van der Waals surface area contributed by atoms with E-state index in [1.807, 2.05) is 31.2 Å². The van der Waals surface area contributed by atoms with Crippen molar-refractivity contribution in [3.05, 3.63) is 475 Å². The van der Waals surface area contributed by atoms with Crippen molar-refractivity contribution in [2.75, 3.05) is 0 Å². The molecular weight excluding hydrogens is 1820 g/mol. The molecule has 14 aromatic rings. The van der Waals surface area contributed by atoms with Gasteiger partial charge in [-0.2, -0.15) is 73.7 Å². The van der Waals surface area contributed by atoms with Gasteiger partial charge in [0.2, 0.25) is 11.4 Å². The summed E-state index contributed by atoms with van der Waals surface area (Å²) in [5, 5.41) is 151. The SMILES string of the molecule is [C-]#[N+]C1=C(c2ccc(C)cc2)/C(=C(/C#N)c2cc([N+]#[C-])cc([N+]#[C-])c2)c2c1c(-c1ccc(C#N)cc1)c1c(c2-c2ccc(C#N)cc2)/C(=C(\C#N)c2cc(C#N)cc(C#N)c2)C(c2ccc(OC(F)(F)F)cc2)=C1C#N.[C-]#[N+]C1=C(c2ccccn2)/C(=C(/C#N)c2cc([N+]#[C-])cc([N+]#[C-])c2)c2c1c(-c1ccc(C#N)cc1)c1c(c2-c2ccc(C#N)cc2)/C(=C(\C#N)c2cc(C#N)cc(C#N)c2)C(c2ccccn2)=C1C#N. The van der Waals surface area contributed by atoms with Gasteiger partial charge in [-0.05, 0) is 245 Å². The van der Waals surface area contributed by atoms with Crippen molar-refractivity contribution < 1.29 is 17.9 Å². The summed E-state index contributed by atoms with van der Waals surface area (Å²) >= 11 is 0. The highest BCUT2D eigenvalue weighted by atomic mass is 19.4. The number of allylic oxidation sites excluding steroid dienone is 14. The normalized spacial score (nSPS) is 13.3.